The van der Waals surface area contributed by atoms with Crippen molar-refractivity contribution in [2.24, 2.45) is 5.92 Å². The Hall–Kier alpha value is -2.11. The number of hydrogen-bond donors (Lipinski definition) is 1. The number of benzene rings is 1. The second-order valence-electron chi connectivity index (χ2n) is 6.01. The fourth-order valence-electron chi connectivity index (χ4n) is 2.88. The number of aryl methyl sites for hydroxylation is 1. The molecule has 0 aromatic heterocycles. The van der Waals surface area contributed by atoms with Crippen molar-refractivity contribution in [2.45, 2.75) is 32.2 Å². The minimum Gasteiger partial charge on any atom is -0.379 e. The molecule has 2 aliphatic rings. The molecule has 1 atom stereocenters. The number of anilines is 1. The van der Waals surface area contributed by atoms with Crippen LogP contribution in [0.25, 0.3) is 0 Å². The van der Waals surface area contributed by atoms with Crippen LogP contribution in [0.2, 0.25) is 0 Å². The van der Waals surface area contributed by atoms with E-state index in [2.05, 4.69) is 5.32 Å². The van der Waals surface area contributed by atoms with E-state index < -0.39 is 0 Å². The summed E-state index contributed by atoms with van der Waals surface area (Å²) in [7, 11) is 0. The summed E-state index contributed by atoms with van der Waals surface area (Å²) in [6.07, 6.45) is 2.79. The Balaban J connectivity index is 1.63. The van der Waals surface area contributed by atoms with E-state index in [-0.39, 0.29) is 22.4 Å². The first-order valence-corrected chi connectivity index (χ1v) is 7.33. The van der Waals surface area contributed by atoms with Gasteiger partial charge in [0.1, 0.15) is 5.69 Å². The van der Waals surface area contributed by atoms with Crippen LogP contribution in [0.4, 0.5) is 11.4 Å². The topological polar surface area (TPSA) is 75.5 Å². The van der Waals surface area contributed by atoms with E-state index in [1.807, 2.05) is 17.9 Å². The Morgan fingerprint density at radius 2 is 2.19 bits per heavy atom. The van der Waals surface area contributed by atoms with Crippen molar-refractivity contribution < 1.29 is 9.72 Å². The lowest BCUT2D eigenvalue weighted by Crippen LogP contribution is -2.28. The lowest BCUT2D eigenvalue weighted by molar-refractivity contribution is -0.384. The molecule has 0 spiro atoms. The normalized spacial score (nSPS) is 21.7. The predicted molar refractivity (Wildman–Crippen MR) is 79.2 cm³/mol. The Morgan fingerprint density at radius 1 is 1.43 bits per heavy atom. The molecule has 1 heterocycles. The molecule has 1 N–H and O–H groups in total. The summed E-state index contributed by atoms with van der Waals surface area (Å²) in [5.74, 6) is 0.460. The monoisotopic (exact) mass is 289 g/mol. The van der Waals surface area contributed by atoms with E-state index in [1.54, 1.807) is 12.1 Å². The molecule has 3 rings (SSSR count). The van der Waals surface area contributed by atoms with Crippen molar-refractivity contribution in [3.05, 3.63) is 33.9 Å². The van der Waals surface area contributed by atoms with E-state index >= 15 is 0 Å². The minimum absolute atomic E-state index is 0.0957. The van der Waals surface area contributed by atoms with Crippen molar-refractivity contribution in [3.63, 3.8) is 0 Å². The van der Waals surface area contributed by atoms with Gasteiger partial charge in [-0.15, -0.1) is 0 Å². The van der Waals surface area contributed by atoms with Gasteiger partial charge in [0.15, 0.2) is 0 Å². The number of carbonyl (C=O) groups excluding carboxylic acids is 1. The highest BCUT2D eigenvalue weighted by Gasteiger charge is 2.39. The quantitative estimate of drug-likeness (QED) is 0.666. The number of amides is 1. The molecular weight excluding hydrogens is 270 g/mol. The Morgan fingerprint density at radius 3 is 2.86 bits per heavy atom. The molecule has 2 fully saturated rings. The first-order chi connectivity index (χ1) is 10.0. The van der Waals surface area contributed by atoms with Crippen LogP contribution in [0.1, 0.15) is 24.8 Å². The molecule has 1 saturated heterocycles. The van der Waals surface area contributed by atoms with Gasteiger partial charge in [0.2, 0.25) is 5.91 Å². The molecule has 1 aliphatic heterocycles. The maximum Gasteiger partial charge on any atom is 0.292 e. The number of nitrogens with zero attached hydrogens (tertiary/aromatic N) is 2. The summed E-state index contributed by atoms with van der Waals surface area (Å²) in [6.45, 7) is 3.20. The fourth-order valence-corrected chi connectivity index (χ4v) is 2.88. The average molecular weight is 289 g/mol. The van der Waals surface area contributed by atoms with Crippen molar-refractivity contribution in [2.75, 3.05) is 18.4 Å². The minimum atomic E-state index is -0.369. The molecular formula is C15H19N3O3. The van der Waals surface area contributed by atoms with Crippen LogP contribution in [0.15, 0.2) is 18.2 Å². The lowest BCUT2D eigenvalue weighted by Gasteiger charge is -2.16. The first kappa shape index (κ1) is 13.9. The molecule has 1 saturated carbocycles. The van der Waals surface area contributed by atoms with Gasteiger partial charge in [-0.05, 0) is 31.4 Å². The number of nitro benzene ring substituents is 1. The lowest BCUT2D eigenvalue weighted by atomic mass is 10.1. The third kappa shape index (κ3) is 2.99. The number of likely N-dealkylation sites (tertiary alicyclic amines) is 1. The maximum absolute atomic E-state index is 11.9. The molecule has 1 aromatic rings. The molecule has 21 heavy (non-hydrogen) atoms. The zero-order valence-corrected chi connectivity index (χ0v) is 12.0. The summed E-state index contributed by atoms with van der Waals surface area (Å²) in [6, 6.07) is 5.61. The molecule has 6 nitrogen and oxygen atoms in total. The number of carbonyl (C=O) groups is 1. The highest BCUT2D eigenvalue weighted by atomic mass is 16.6. The number of nitrogens with one attached hydrogen (secondary N) is 1. The summed E-state index contributed by atoms with van der Waals surface area (Å²) < 4.78 is 0. The number of nitro groups is 1. The van der Waals surface area contributed by atoms with Crippen molar-refractivity contribution in [1.82, 2.24) is 4.90 Å². The van der Waals surface area contributed by atoms with Gasteiger partial charge in [-0.3, -0.25) is 14.9 Å². The molecule has 1 aliphatic carbocycles. The fraction of sp³-hybridized carbons (Fsp3) is 0.533. The predicted octanol–water partition coefficient (Wildman–Crippen LogP) is 2.33. The van der Waals surface area contributed by atoms with Gasteiger partial charge >= 0.3 is 0 Å². The van der Waals surface area contributed by atoms with E-state index in [0.717, 1.165) is 24.9 Å². The van der Waals surface area contributed by atoms with Crippen molar-refractivity contribution in [1.29, 1.82) is 0 Å². The zero-order valence-electron chi connectivity index (χ0n) is 12.0. The zero-order chi connectivity index (χ0) is 15.0. The first-order valence-electron chi connectivity index (χ1n) is 7.33. The van der Waals surface area contributed by atoms with Gasteiger partial charge in [-0.2, -0.15) is 0 Å². The second-order valence-corrected chi connectivity index (χ2v) is 6.01. The third-order valence-corrected chi connectivity index (χ3v) is 4.16. The van der Waals surface area contributed by atoms with Crippen LogP contribution in [-0.4, -0.2) is 34.9 Å². The van der Waals surface area contributed by atoms with Gasteiger partial charge in [0, 0.05) is 37.5 Å². The molecule has 0 radical (unpaired) electrons. The third-order valence-electron chi connectivity index (χ3n) is 4.16. The van der Waals surface area contributed by atoms with Gasteiger partial charge in [-0.25, -0.2) is 0 Å². The molecule has 0 bridgehead atoms. The van der Waals surface area contributed by atoms with Crippen molar-refractivity contribution in [3.8, 4) is 0 Å². The smallest absolute Gasteiger partial charge is 0.292 e. The van der Waals surface area contributed by atoms with E-state index in [9.17, 15) is 14.9 Å². The standard InChI is InChI=1S/C15H19N3O3/c1-10-2-5-13(14(6-10)18(20)21)16-8-11-7-15(19)17(9-11)12-3-4-12/h2,5-6,11-12,16H,3-4,7-9H2,1H3/t11-/m1/s1. The van der Waals surface area contributed by atoms with Gasteiger partial charge in [-0.1, -0.05) is 6.07 Å². The van der Waals surface area contributed by atoms with E-state index in [1.165, 1.54) is 0 Å². The van der Waals surface area contributed by atoms with E-state index in [4.69, 9.17) is 0 Å². The second kappa shape index (κ2) is 5.35. The summed E-state index contributed by atoms with van der Waals surface area (Å²) in [4.78, 5) is 24.6. The number of rotatable bonds is 5. The van der Waals surface area contributed by atoms with Gasteiger partial charge < -0.3 is 10.2 Å². The van der Waals surface area contributed by atoms with Crippen LogP contribution >= 0.6 is 0 Å². The van der Waals surface area contributed by atoms with Crippen LogP contribution in [0, 0.1) is 23.0 Å². The number of hydrogen-bond acceptors (Lipinski definition) is 4. The Labute approximate surface area is 123 Å². The van der Waals surface area contributed by atoms with Crippen LogP contribution in [0.3, 0.4) is 0 Å². The Kier molecular flexibility index (Phi) is 3.53. The average Bonchev–Trinajstić information content (AvgIpc) is 3.21. The van der Waals surface area contributed by atoms with Crippen LogP contribution < -0.4 is 5.32 Å². The molecule has 0 unspecified atom stereocenters. The largest absolute Gasteiger partial charge is 0.379 e. The molecule has 6 heteroatoms. The summed E-state index contributed by atoms with van der Waals surface area (Å²) in [5, 5.41) is 14.2. The highest BCUT2D eigenvalue weighted by Crippen LogP contribution is 2.33. The highest BCUT2D eigenvalue weighted by molar-refractivity contribution is 5.79. The summed E-state index contributed by atoms with van der Waals surface area (Å²) in [5.41, 5.74) is 1.49. The Bertz CT molecular complexity index is 584. The maximum atomic E-state index is 11.9. The van der Waals surface area contributed by atoms with Crippen LogP contribution in [-0.2, 0) is 4.79 Å². The molecule has 112 valence electrons. The summed E-state index contributed by atoms with van der Waals surface area (Å²) >= 11 is 0. The molecule has 1 amide bonds. The molecule has 1 aromatic carbocycles. The van der Waals surface area contributed by atoms with Crippen LogP contribution in [0.5, 0.6) is 0 Å². The van der Waals surface area contributed by atoms with Gasteiger partial charge in [0.25, 0.3) is 5.69 Å². The SMILES string of the molecule is Cc1ccc(NC[C@H]2CC(=O)N(C3CC3)C2)c([N+](=O)[O-])c1. The van der Waals surface area contributed by atoms with E-state index in [0.29, 0.717) is 24.7 Å². The van der Waals surface area contributed by atoms with Crippen molar-refractivity contribution >= 4 is 17.3 Å². The van der Waals surface area contributed by atoms with Gasteiger partial charge in [0.05, 0.1) is 4.92 Å².